The fourth-order valence-electron chi connectivity index (χ4n) is 1.38. The summed E-state index contributed by atoms with van der Waals surface area (Å²) in [5, 5.41) is 13.0. The molecule has 0 aromatic heterocycles. The van der Waals surface area contributed by atoms with Crippen molar-refractivity contribution < 1.29 is 4.74 Å². The first kappa shape index (κ1) is 12.0. The van der Waals surface area contributed by atoms with E-state index in [4.69, 9.17) is 23.2 Å². The molecular formula is C13H9Cl2NO. The molecule has 0 amide bonds. The lowest BCUT2D eigenvalue weighted by molar-refractivity contribution is -0.354. The first-order valence-corrected chi connectivity index (χ1v) is 5.73. The molecule has 0 unspecified atom stereocenters. The molecule has 0 spiro atoms. The quantitative estimate of drug-likeness (QED) is 0.345. The standard InChI is InChI=1S/C13H9Cl2NO/c14-11-4-6-13(7-5-11)16(17)9-10-2-1-3-12(15)8-10/h1-9H/b16-9-. The Morgan fingerprint density at radius 3 is 2.29 bits per heavy atom. The van der Waals surface area contributed by atoms with Crippen molar-refractivity contribution in [3.63, 3.8) is 0 Å². The van der Waals surface area contributed by atoms with Gasteiger partial charge in [-0.3, -0.25) is 0 Å². The summed E-state index contributed by atoms with van der Waals surface area (Å²) in [5.41, 5.74) is 1.27. The van der Waals surface area contributed by atoms with Crippen molar-refractivity contribution in [3.05, 3.63) is 69.3 Å². The van der Waals surface area contributed by atoms with Gasteiger partial charge in [-0.1, -0.05) is 29.3 Å². The van der Waals surface area contributed by atoms with Crippen LogP contribution in [0.1, 0.15) is 5.56 Å². The minimum Gasteiger partial charge on any atom is -0.618 e. The van der Waals surface area contributed by atoms with Gasteiger partial charge < -0.3 is 5.21 Å². The Labute approximate surface area is 109 Å². The van der Waals surface area contributed by atoms with Gasteiger partial charge in [0.05, 0.1) is 0 Å². The van der Waals surface area contributed by atoms with Crippen molar-refractivity contribution >= 4 is 35.1 Å². The monoisotopic (exact) mass is 265 g/mol. The Hall–Kier alpha value is -1.51. The van der Waals surface area contributed by atoms with E-state index in [0.717, 1.165) is 10.3 Å². The van der Waals surface area contributed by atoms with Crippen LogP contribution in [0.2, 0.25) is 10.0 Å². The zero-order valence-electron chi connectivity index (χ0n) is 8.81. The van der Waals surface area contributed by atoms with Crippen molar-refractivity contribution in [2.24, 2.45) is 0 Å². The van der Waals surface area contributed by atoms with E-state index in [1.807, 2.05) is 6.07 Å². The number of benzene rings is 2. The van der Waals surface area contributed by atoms with Gasteiger partial charge >= 0.3 is 0 Å². The summed E-state index contributed by atoms with van der Waals surface area (Å²) in [6, 6.07) is 13.8. The van der Waals surface area contributed by atoms with E-state index in [2.05, 4.69) is 0 Å². The number of halogens is 2. The Bertz CT molecular complexity index is 550. The minimum atomic E-state index is 0.523. The lowest BCUT2D eigenvalue weighted by Crippen LogP contribution is -1.98. The predicted molar refractivity (Wildman–Crippen MR) is 71.4 cm³/mol. The van der Waals surface area contributed by atoms with Gasteiger partial charge in [0.2, 0.25) is 5.69 Å². The molecule has 0 saturated heterocycles. The van der Waals surface area contributed by atoms with Gasteiger partial charge in [-0.25, -0.2) is 0 Å². The van der Waals surface area contributed by atoms with E-state index in [1.165, 1.54) is 6.21 Å². The second-order valence-corrected chi connectivity index (χ2v) is 4.36. The van der Waals surface area contributed by atoms with E-state index in [-0.39, 0.29) is 0 Å². The molecule has 2 rings (SSSR count). The van der Waals surface area contributed by atoms with E-state index in [1.54, 1.807) is 42.5 Å². The SMILES string of the molecule is [O-]/[N+](=C\c1cccc(Cl)c1)c1ccc(Cl)cc1. The molecule has 2 aromatic rings. The van der Waals surface area contributed by atoms with Crippen LogP contribution in [0, 0.1) is 5.21 Å². The van der Waals surface area contributed by atoms with Crippen LogP contribution in [0.25, 0.3) is 0 Å². The largest absolute Gasteiger partial charge is 0.618 e. The summed E-state index contributed by atoms with van der Waals surface area (Å²) < 4.78 is 0.780. The van der Waals surface area contributed by atoms with Gasteiger partial charge in [-0.15, -0.1) is 0 Å². The third-order valence-corrected chi connectivity index (χ3v) is 2.68. The summed E-state index contributed by atoms with van der Waals surface area (Å²) >= 11 is 11.6. The highest BCUT2D eigenvalue weighted by atomic mass is 35.5. The van der Waals surface area contributed by atoms with Gasteiger partial charge in [0.1, 0.15) is 0 Å². The summed E-state index contributed by atoms with van der Waals surface area (Å²) in [7, 11) is 0. The Morgan fingerprint density at radius 1 is 0.941 bits per heavy atom. The number of hydrogen-bond acceptors (Lipinski definition) is 1. The highest BCUT2D eigenvalue weighted by molar-refractivity contribution is 6.31. The highest BCUT2D eigenvalue weighted by Gasteiger charge is 2.01. The topological polar surface area (TPSA) is 26.1 Å². The lowest BCUT2D eigenvalue weighted by Gasteiger charge is -2.02. The summed E-state index contributed by atoms with van der Waals surface area (Å²) in [4.78, 5) is 0. The molecule has 17 heavy (non-hydrogen) atoms. The van der Waals surface area contributed by atoms with Crippen LogP contribution in [0.4, 0.5) is 5.69 Å². The van der Waals surface area contributed by atoms with Gasteiger partial charge in [0, 0.05) is 27.7 Å². The molecule has 0 aliphatic rings. The first-order chi connectivity index (χ1) is 8.15. The number of hydrogen-bond donors (Lipinski definition) is 0. The zero-order valence-corrected chi connectivity index (χ0v) is 10.3. The maximum atomic E-state index is 11.8. The molecule has 2 nitrogen and oxygen atoms in total. The average Bonchev–Trinajstić information content (AvgIpc) is 2.29. The van der Waals surface area contributed by atoms with E-state index in [0.29, 0.717) is 15.7 Å². The third-order valence-electron chi connectivity index (χ3n) is 2.20. The molecule has 0 heterocycles. The Kier molecular flexibility index (Phi) is 3.67. The highest BCUT2D eigenvalue weighted by Crippen LogP contribution is 2.16. The number of rotatable bonds is 2. The van der Waals surface area contributed by atoms with Crippen molar-refractivity contribution in [2.75, 3.05) is 0 Å². The maximum Gasteiger partial charge on any atom is 0.216 e. The molecule has 0 radical (unpaired) electrons. The van der Waals surface area contributed by atoms with Gasteiger partial charge in [-0.2, -0.15) is 4.74 Å². The summed E-state index contributed by atoms with van der Waals surface area (Å²) in [6.07, 6.45) is 1.47. The molecule has 0 saturated carbocycles. The van der Waals surface area contributed by atoms with Crippen molar-refractivity contribution in [1.82, 2.24) is 0 Å². The van der Waals surface area contributed by atoms with Crippen LogP contribution in [-0.2, 0) is 0 Å². The lowest BCUT2D eigenvalue weighted by atomic mass is 10.2. The predicted octanol–water partition coefficient (Wildman–Crippen LogP) is 4.25. The molecule has 0 bridgehead atoms. The fourth-order valence-corrected chi connectivity index (χ4v) is 1.71. The van der Waals surface area contributed by atoms with Crippen LogP contribution in [0.5, 0.6) is 0 Å². The van der Waals surface area contributed by atoms with E-state index in [9.17, 15) is 5.21 Å². The van der Waals surface area contributed by atoms with Crippen LogP contribution >= 0.6 is 23.2 Å². The van der Waals surface area contributed by atoms with Gasteiger partial charge in [0.15, 0.2) is 6.21 Å². The molecule has 4 heteroatoms. The second-order valence-electron chi connectivity index (χ2n) is 3.49. The summed E-state index contributed by atoms with van der Waals surface area (Å²) in [6.45, 7) is 0. The van der Waals surface area contributed by atoms with Gasteiger partial charge in [0.25, 0.3) is 0 Å². The molecule has 2 aromatic carbocycles. The fraction of sp³-hybridized carbons (Fsp3) is 0. The van der Waals surface area contributed by atoms with Crippen LogP contribution < -0.4 is 0 Å². The Morgan fingerprint density at radius 2 is 1.65 bits per heavy atom. The third kappa shape index (κ3) is 3.22. The van der Waals surface area contributed by atoms with Crippen LogP contribution in [0.3, 0.4) is 0 Å². The molecule has 0 aliphatic carbocycles. The van der Waals surface area contributed by atoms with Crippen molar-refractivity contribution in [2.45, 2.75) is 0 Å². The van der Waals surface area contributed by atoms with Crippen molar-refractivity contribution in [3.8, 4) is 0 Å². The first-order valence-electron chi connectivity index (χ1n) is 4.97. The molecule has 0 atom stereocenters. The maximum absolute atomic E-state index is 11.8. The second kappa shape index (κ2) is 5.21. The summed E-state index contributed by atoms with van der Waals surface area (Å²) in [5.74, 6) is 0. The van der Waals surface area contributed by atoms with E-state index < -0.39 is 0 Å². The molecule has 86 valence electrons. The molecule has 0 aliphatic heterocycles. The zero-order chi connectivity index (χ0) is 12.3. The molecular weight excluding hydrogens is 257 g/mol. The molecule has 0 N–H and O–H groups in total. The smallest absolute Gasteiger partial charge is 0.216 e. The van der Waals surface area contributed by atoms with Crippen LogP contribution in [-0.4, -0.2) is 11.0 Å². The number of nitrogens with zero attached hydrogens (tertiary/aromatic N) is 1. The minimum absolute atomic E-state index is 0.523. The van der Waals surface area contributed by atoms with E-state index >= 15 is 0 Å². The average molecular weight is 266 g/mol. The normalized spacial score (nSPS) is 11.5. The molecule has 0 fully saturated rings. The van der Waals surface area contributed by atoms with Crippen LogP contribution in [0.15, 0.2) is 48.5 Å². The van der Waals surface area contributed by atoms with Gasteiger partial charge in [-0.05, 0) is 30.3 Å². The van der Waals surface area contributed by atoms with Crippen molar-refractivity contribution in [1.29, 1.82) is 0 Å². The Balaban J connectivity index is 2.30.